The fourth-order valence-electron chi connectivity index (χ4n) is 8.84. The van der Waals surface area contributed by atoms with Gasteiger partial charge in [0.15, 0.2) is 0 Å². The fourth-order valence-corrected chi connectivity index (χ4v) is 12.9. The highest BCUT2D eigenvalue weighted by atomic mass is 32.3. The predicted molar refractivity (Wildman–Crippen MR) is 285 cm³/mol. The monoisotopic (exact) mass is 1110 g/mol. The molecule has 0 spiro atoms. The molecule has 1 aliphatic heterocycles. The maximum absolute atomic E-state index is 15.8. The smallest absolute Gasteiger partial charge is 0.450 e. The lowest BCUT2D eigenvalue weighted by Gasteiger charge is -2.31. The van der Waals surface area contributed by atoms with Gasteiger partial charge in [-0.15, -0.1) is 0 Å². The van der Waals surface area contributed by atoms with Gasteiger partial charge < -0.3 is 13.9 Å². The van der Waals surface area contributed by atoms with E-state index in [1.807, 2.05) is 98.7 Å². The van der Waals surface area contributed by atoms with E-state index in [9.17, 15) is 25.3 Å². The summed E-state index contributed by atoms with van der Waals surface area (Å²) in [5.74, 6) is -7.97. The molecule has 406 valence electrons. The lowest BCUT2D eigenvalue weighted by molar-refractivity contribution is -0.245. The molecule has 0 radical (unpaired) electrons. The highest BCUT2D eigenvalue weighted by Gasteiger charge is 2.83. The molecule has 2 N–H and O–H groups in total. The summed E-state index contributed by atoms with van der Waals surface area (Å²) >= 11 is 0. The third-order valence-electron chi connectivity index (χ3n) is 13.2. The van der Waals surface area contributed by atoms with E-state index in [0.717, 1.165) is 57.9 Å². The van der Waals surface area contributed by atoms with Gasteiger partial charge in [-0.3, -0.25) is 0 Å². The zero-order chi connectivity index (χ0) is 56.1. The van der Waals surface area contributed by atoms with Gasteiger partial charge in [-0.05, 0) is 106 Å². The Morgan fingerprint density at radius 1 is 0.605 bits per heavy atom. The van der Waals surface area contributed by atoms with E-state index in [1.165, 1.54) is 24.3 Å². The van der Waals surface area contributed by atoms with E-state index >= 15 is 26.3 Å². The van der Waals surface area contributed by atoms with Crippen molar-refractivity contribution in [3.05, 3.63) is 155 Å². The van der Waals surface area contributed by atoms with Gasteiger partial charge in [0.25, 0.3) is 20.0 Å². The Balaban J connectivity index is 1.37. The minimum Gasteiger partial charge on any atom is -0.456 e. The average Bonchev–Trinajstić information content (AvgIpc) is 3.34. The van der Waals surface area contributed by atoms with Crippen molar-refractivity contribution in [3.8, 4) is 28.2 Å². The SMILES string of the molecule is CCC(C)c1ccc(OS(=O)(=O)C(F)(F)C(F)(F)C(F)(F)S(=O)(=O)NS(=O)(=O)c2ccccc2-c2c3cc/c(=N\c4c(C(C)C)cccc4C(C)C)cc-3oc3cc(Nc4c(C(C)C)cccc4C(C)C)ccc23)cc1. The molecule has 0 saturated carbocycles. The molecule has 0 aromatic heterocycles. The Hall–Kier alpha value is -6.22. The van der Waals surface area contributed by atoms with Crippen LogP contribution in [0.5, 0.6) is 5.75 Å². The first kappa shape index (κ1) is 57.5. The molecule has 0 amide bonds. The number of nitrogens with zero attached hydrogens (tertiary/aromatic N) is 1. The maximum atomic E-state index is 15.8. The van der Waals surface area contributed by atoms with E-state index in [2.05, 4.69) is 9.50 Å². The van der Waals surface area contributed by atoms with Crippen molar-refractivity contribution < 1.29 is 60.2 Å². The van der Waals surface area contributed by atoms with Gasteiger partial charge >= 0.3 is 26.5 Å². The molecule has 7 rings (SSSR count). The minimum absolute atomic E-state index is 0.0349. The highest BCUT2D eigenvalue weighted by Crippen LogP contribution is 2.52. The Morgan fingerprint density at radius 3 is 1.71 bits per heavy atom. The van der Waals surface area contributed by atoms with Gasteiger partial charge in [-0.2, -0.15) is 34.8 Å². The Morgan fingerprint density at radius 2 is 1.16 bits per heavy atom. The number of sulfonamides is 2. The first-order valence-electron chi connectivity index (χ1n) is 24.5. The number of anilines is 2. The van der Waals surface area contributed by atoms with Gasteiger partial charge in [0, 0.05) is 45.6 Å². The first-order valence-corrected chi connectivity index (χ1v) is 28.9. The van der Waals surface area contributed by atoms with Gasteiger partial charge in [0.05, 0.1) is 15.9 Å². The Kier molecular flexibility index (Phi) is 16.1. The van der Waals surface area contributed by atoms with E-state index in [4.69, 9.17) is 9.41 Å². The molecule has 11 nitrogen and oxygen atoms in total. The zero-order valence-corrected chi connectivity index (χ0v) is 45.8. The van der Waals surface area contributed by atoms with Crippen molar-refractivity contribution in [2.75, 3.05) is 5.32 Å². The first-order chi connectivity index (χ1) is 35.4. The summed E-state index contributed by atoms with van der Waals surface area (Å²) in [6.45, 7) is 19.9. The highest BCUT2D eigenvalue weighted by molar-refractivity contribution is 8.05. The number of halogens is 6. The van der Waals surface area contributed by atoms with Crippen LogP contribution in [0.1, 0.15) is 133 Å². The number of alkyl halides is 6. The molecule has 20 heteroatoms. The molecule has 0 bridgehead atoms. The van der Waals surface area contributed by atoms with Crippen LogP contribution in [0.3, 0.4) is 0 Å². The second kappa shape index (κ2) is 21.3. The van der Waals surface area contributed by atoms with Gasteiger partial charge in [-0.25, -0.2) is 21.8 Å². The second-order valence-electron chi connectivity index (χ2n) is 19.9. The number of para-hydroxylation sites is 2. The normalized spacial score (nSPS) is 13.9. The lowest BCUT2D eigenvalue weighted by atomic mass is 9.92. The van der Waals surface area contributed by atoms with Crippen LogP contribution >= 0.6 is 0 Å². The van der Waals surface area contributed by atoms with Crippen LogP contribution in [0.25, 0.3) is 33.4 Å². The topological polar surface area (TPSA) is 161 Å². The van der Waals surface area contributed by atoms with Gasteiger partial charge in [0.1, 0.15) is 17.1 Å². The molecule has 0 fully saturated rings. The summed E-state index contributed by atoms with van der Waals surface area (Å²) in [7, 11) is -20.6. The third kappa shape index (κ3) is 10.7. The quantitative estimate of drug-likeness (QED) is 0.0456. The van der Waals surface area contributed by atoms with Crippen molar-refractivity contribution in [2.24, 2.45) is 4.99 Å². The van der Waals surface area contributed by atoms with E-state index < -0.39 is 57.2 Å². The van der Waals surface area contributed by atoms with Crippen molar-refractivity contribution in [1.82, 2.24) is 4.13 Å². The fraction of sp³-hybridized carbons (Fsp3) is 0.339. The zero-order valence-electron chi connectivity index (χ0n) is 43.3. The number of rotatable bonds is 19. The van der Waals surface area contributed by atoms with E-state index in [1.54, 1.807) is 43.3 Å². The largest absolute Gasteiger partial charge is 0.456 e. The molecular formula is C56H59F6N3O8S3. The number of hydrogen-bond acceptors (Lipinski definition) is 10. The molecule has 1 unspecified atom stereocenters. The molecule has 1 atom stereocenters. The maximum Gasteiger partial charge on any atom is 0.450 e. The Bertz CT molecular complexity index is 3640. The minimum atomic E-state index is -7.51. The van der Waals surface area contributed by atoms with Crippen LogP contribution in [0.4, 0.5) is 43.4 Å². The van der Waals surface area contributed by atoms with E-state index in [0.29, 0.717) is 27.2 Å². The molecule has 0 saturated heterocycles. The second-order valence-corrected chi connectivity index (χ2v) is 25.2. The van der Waals surface area contributed by atoms with Crippen LogP contribution in [0, 0.1) is 0 Å². The van der Waals surface area contributed by atoms with E-state index in [-0.39, 0.29) is 63.0 Å². The average molecular weight is 1110 g/mol. The van der Waals surface area contributed by atoms with Crippen molar-refractivity contribution in [3.63, 3.8) is 0 Å². The summed E-state index contributed by atoms with van der Waals surface area (Å²) in [6.07, 6.45) is 0.594. The Labute approximate surface area is 440 Å². The number of nitrogens with one attached hydrogen (secondary N) is 2. The van der Waals surface area contributed by atoms with Crippen LogP contribution in [0.2, 0.25) is 0 Å². The summed E-state index contributed by atoms with van der Waals surface area (Å²) in [5, 5.41) is -9.96. The molecule has 5 aromatic rings. The number of hydrogen-bond donors (Lipinski definition) is 2. The summed E-state index contributed by atoms with van der Waals surface area (Å²) < 4.78 is 185. The summed E-state index contributed by atoms with van der Waals surface area (Å²) in [6, 6.07) is 30.1. The number of fused-ring (bicyclic) bond motifs is 2. The van der Waals surface area contributed by atoms with Crippen LogP contribution in [-0.4, -0.2) is 41.7 Å². The van der Waals surface area contributed by atoms with Crippen molar-refractivity contribution in [1.29, 1.82) is 0 Å². The van der Waals surface area contributed by atoms with Crippen molar-refractivity contribution in [2.45, 2.75) is 127 Å². The summed E-state index contributed by atoms with van der Waals surface area (Å²) in [4.78, 5) is 3.99. The van der Waals surface area contributed by atoms with Gasteiger partial charge in [-0.1, -0.05) is 140 Å². The van der Waals surface area contributed by atoms with Crippen LogP contribution in [0.15, 0.2) is 136 Å². The summed E-state index contributed by atoms with van der Waals surface area (Å²) in [5.41, 5.74) is 6.64. The molecule has 1 heterocycles. The standard InChI is InChI=1S/C56H59F6N3O8S3/c1-11-36(10)37-22-26-40(27-23-37)73-76(70,71)56(61,62)54(57,58)55(59,60)75(68,69)65-74(66,67)50-21-13-12-16-47(50)51-45-28-24-38(63-52-41(32(2)3)17-14-18-42(52)33(4)5)30-48(45)72-49-31-39(25-29-46(49)51)64-53-43(34(6)7)19-15-20-44(53)35(8)9/h12-36,63,65H,11H2,1-10H3/b64-39+. The molecular weight excluding hydrogens is 1050 g/mol. The predicted octanol–water partition coefficient (Wildman–Crippen LogP) is 15.0. The molecule has 1 aliphatic carbocycles. The third-order valence-corrected chi connectivity index (χ3v) is 18.2. The van der Waals surface area contributed by atoms with Gasteiger partial charge in [0.2, 0.25) is 0 Å². The molecule has 2 aliphatic rings. The lowest BCUT2D eigenvalue weighted by Crippen LogP contribution is -2.63. The van der Waals surface area contributed by atoms with Crippen LogP contribution in [-0.2, 0) is 30.2 Å². The molecule has 5 aromatic carbocycles. The molecule has 76 heavy (non-hydrogen) atoms. The van der Waals surface area contributed by atoms with Crippen LogP contribution < -0.4 is 19.0 Å². The number of benzene rings is 6. The van der Waals surface area contributed by atoms with Crippen molar-refractivity contribution >= 4 is 58.2 Å².